The molecule has 0 radical (unpaired) electrons. The fourth-order valence-electron chi connectivity index (χ4n) is 1.02. The maximum Gasteiger partial charge on any atom is 0.165 e. The third kappa shape index (κ3) is 1.95. The van der Waals surface area contributed by atoms with E-state index in [0.29, 0.717) is 5.75 Å². The van der Waals surface area contributed by atoms with E-state index in [0.717, 1.165) is 12.1 Å². The smallest absolute Gasteiger partial charge is 0.165 e. The van der Waals surface area contributed by atoms with E-state index < -0.39 is 0 Å². The lowest BCUT2D eigenvalue weighted by atomic mass is 10.2. The molecule has 0 saturated heterocycles. The number of benzene rings is 1. The molecule has 0 amide bonds. The minimum atomic E-state index is -0.322. The zero-order valence-electron chi connectivity index (χ0n) is 7.23. The first-order chi connectivity index (χ1) is 5.77. The summed E-state index contributed by atoms with van der Waals surface area (Å²) in [5.74, 6) is -0.0277. The number of hydrogen-bond donors (Lipinski definition) is 1. The third-order valence-corrected chi connectivity index (χ3v) is 1.60. The fourth-order valence-corrected chi connectivity index (χ4v) is 1.02. The molecule has 0 saturated carbocycles. The molecule has 0 aliphatic heterocycles. The van der Waals surface area contributed by atoms with Crippen molar-refractivity contribution in [2.75, 3.05) is 14.2 Å². The van der Waals surface area contributed by atoms with Gasteiger partial charge in [-0.3, -0.25) is 0 Å². The number of halogens is 1. The van der Waals surface area contributed by atoms with Gasteiger partial charge in [0.15, 0.2) is 11.6 Å². The minimum absolute atomic E-state index is 0.294. The first kappa shape index (κ1) is 9.00. The summed E-state index contributed by atoms with van der Waals surface area (Å²) in [5.41, 5.74) is 1.01. The highest BCUT2D eigenvalue weighted by molar-refractivity contribution is 5.30. The summed E-state index contributed by atoms with van der Waals surface area (Å²) in [6, 6.07) is 4.83. The summed E-state index contributed by atoms with van der Waals surface area (Å²) in [4.78, 5) is 0. The van der Waals surface area contributed by atoms with E-state index >= 15 is 0 Å². The van der Waals surface area contributed by atoms with Gasteiger partial charge in [-0.25, -0.2) is 4.39 Å². The molecule has 0 bridgehead atoms. The molecule has 1 N–H and O–H groups in total. The van der Waals surface area contributed by atoms with Crippen LogP contribution in [0.3, 0.4) is 0 Å². The van der Waals surface area contributed by atoms with Crippen LogP contribution < -0.4 is 10.1 Å². The molecule has 0 aliphatic rings. The topological polar surface area (TPSA) is 21.3 Å². The zero-order chi connectivity index (χ0) is 8.97. The molecule has 0 fully saturated rings. The number of ether oxygens (including phenoxy) is 1. The Morgan fingerprint density at radius 2 is 2.25 bits per heavy atom. The number of hydrogen-bond acceptors (Lipinski definition) is 2. The largest absolute Gasteiger partial charge is 0.494 e. The Morgan fingerprint density at radius 1 is 1.50 bits per heavy atom. The van der Waals surface area contributed by atoms with Crippen molar-refractivity contribution in [3.63, 3.8) is 0 Å². The van der Waals surface area contributed by atoms with Gasteiger partial charge in [-0.1, -0.05) is 6.07 Å². The number of nitrogens with one attached hydrogen (secondary N) is 1. The third-order valence-electron chi connectivity index (χ3n) is 1.60. The lowest BCUT2D eigenvalue weighted by Gasteiger charge is -2.04. The average Bonchev–Trinajstić information content (AvgIpc) is 2.09. The second kappa shape index (κ2) is 4.07. The van der Waals surface area contributed by atoms with Crippen molar-refractivity contribution >= 4 is 0 Å². The molecule has 3 heteroatoms. The van der Waals surface area contributed by atoms with Crippen molar-refractivity contribution in [1.29, 1.82) is 0 Å². The highest BCUT2D eigenvalue weighted by atomic mass is 19.1. The molecule has 0 atom stereocenters. The Bertz CT molecular complexity index is 263. The molecule has 0 spiro atoms. The Hall–Kier alpha value is -1.09. The van der Waals surface area contributed by atoms with Crippen LogP contribution in [0, 0.1) is 5.82 Å². The van der Waals surface area contributed by atoms with E-state index in [1.807, 2.05) is 7.05 Å². The Morgan fingerprint density at radius 3 is 2.83 bits per heavy atom. The summed E-state index contributed by atoms with van der Waals surface area (Å²) in [5, 5.41) is 2.98. The Kier molecular flexibility index (Phi) is 3.05. The highest BCUT2D eigenvalue weighted by Crippen LogP contribution is 2.17. The van der Waals surface area contributed by atoms with E-state index in [1.54, 1.807) is 12.1 Å². The van der Waals surface area contributed by atoms with Crippen molar-refractivity contribution in [2.45, 2.75) is 6.54 Å². The van der Waals surface area contributed by atoms with E-state index in [1.165, 1.54) is 13.2 Å². The summed E-state index contributed by atoms with van der Waals surface area (Å²) in [6.45, 7) is 0.719. The van der Waals surface area contributed by atoms with E-state index in [9.17, 15) is 4.39 Å². The quantitative estimate of drug-likeness (QED) is 0.741. The van der Waals surface area contributed by atoms with Crippen LogP contribution in [0.25, 0.3) is 0 Å². The SMILES string of the molecule is CNCc1ccc(F)c(OC)c1. The van der Waals surface area contributed by atoms with Gasteiger partial charge in [0.05, 0.1) is 7.11 Å². The van der Waals surface area contributed by atoms with Gasteiger partial charge < -0.3 is 10.1 Å². The minimum Gasteiger partial charge on any atom is -0.494 e. The summed E-state index contributed by atoms with van der Waals surface area (Å²) in [6.07, 6.45) is 0. The van der Waals surface area contributed by atoms with Gasteiger partial charge >= 0.3 is 0 Å². The van der Waals surface area contributed by atoms with Gasteiger partial charge in [0.1, 0.15) is 0 Å². The molecule has 0 aliphatic carbocycles. The first-order valence-corrected chi connectivity index (χ1v) is 3.75. The Balaban J connectivity index is 2.89. The van der Waals surface area contributed by atoms with Crippen molar-refractivity contribution in [1.82, 2.24) is 5.32 Å². The standard InChI is InChI=1S/C9H12FNO/c1-11-6-7-3-4-8(10)9(5-7)12-2/h3-5,11H,6H2,1-2H3. The van der Waals surface area contributed by atoms with Crippen LogP contribution in [0.1, 0.15) is 5.56 Å². The summed E-state index contributed by atoms with van der Waals surface area (Å²) < 4.78 is 17.7. The van der Waals surface area contributed by atoms with Gasteiger partial charge in [-0.05, 0) is 24.7 Å². The van der Waals surface area contributed by atoms with E-state index in [2.05, 4.69) is 5.32 Å². The van der Waals surface area contributed by atoms with Crippen molar-refractivity contribution in [2.24, 2.45) is 0 Å². The van der Waals surface area contributed by atoms with Crippen molar-refractivity contribution in [3.05, 3.63) is 29.6 Å². The lowest BCUT2D eigenvalue weighted by molar-refractivity contribution is 0.386. The van der Waals surface area contributed by atoms with Crippen LogP contribution in [-0.2, 0) is 6.54 Å². The highest BCUT2D eigenvalue weighted by Gasteiger charge is 2.01. The van der Waals surface area contributed by atoms with Gasteiger partial charge in [0.2, 0.25) is 0 Å². The number of methoxy groups -OCH3 is 1. The van der Waals surface area contributed by atoms with Gasteiger partial charge in [-0.15, -0.1) is 0 Å². The number of rotatable bonds is 3. The average molecular weight is 169 g/mol. The normalized spacial score (nSPS) is 9.92. The second-order valence-corrected chi connectivity index (χ2v) is 2.50. The molecular weight excluding hydrogens is 157 g/mol. The first-order valence-electron chi connectivity index (χ1n) is 3.75. The molecule has 66 valence electrons. The molecule has 12 heavy (non-hydrogen) atoms. The molecule has 1 aromatic carbocycles. The fraction of sp³-hybridized carbons (Fsp3) is 0.333. The monoisotopic (exact) mass is 169 g/mol. The van der Waals surface area contributed by atoms with Crippen LogP contribution in [0.2, 0.25) is 0 Å². The van der Waals surface area contributed by atoms with Crippen molar-refractivity contribution in [3.8, 4) is 5.75 Å². The van der Waals surface area contributed by atoms with Crippen LogP contribution in [0.5, 0.6) is 5.75 Å². The lowest BCUT2D eigenvalue weighted by Crippen LogP contribution is -2.05. The van der Waals surface area contributed by atoms with Gasteiger partial charge in [-0.2, -0.15) is 0 Å². The zero-order valence-corrected chi connectivity index (χ0v) is 7.23. The van der Waals surface area contributed by atoms with Crippen LogP contribution >= 0.6 is 0 Å². The van der Waals surface area contributed by atoms with Crippen LogP contribution in [0.4, 0.5) is 4.39 Å². The van der Waals surface area contributed by atoms with Crippen LogP contribution in [0.15, 0.2) is 18.2 Å². The predicted molar refractivity (Wildman–Crippen MR) is 45.7 cm³/mol. The molecule has 1 rings (SSSR count). The maximum atomic E-state index is 12.9. The van der Waals surface area contributed by atoms with Crippen molar-refractivity contribution < 1.29 is 9.13 Å². The van der Waals surface area contributed by atoms with Gasteiger partial charge in [0.25, 0.3) is 0 Å². The molecule has 0 aromatic heterocycles. The van der Waals surface area contributed by atoms with Gasteiger partial charge in [0, 0.05) is 6.54 Å². The van der Waals surface area contributed by atoms with Crippen LogP contribution in [-0.4, -0.2) is 14.2 Å². The summed E-state index contributed by atoms with van der Waals surface area (Å²) >= 11 is 0. The molecule has 0 unspecified atom stereocenters. The van der Waals surface area contributed by atoms with E-state index in [4.69, 9.17) is 4.74 Å². The predicted octanol–water partition coefficient (Wildman–Crippen LogP) is 1.55. The molecule has 2 nitrogen and oxygen atoms in total. The molecular formula is C9H12FNO. The molecule has 1 aromatic rings. The Labute approximate surface area is 71.4 Å². The van der Waals surface area contributed by atoms with E-state index in [-0.39, 0.29) is 5.82 Å². The molecule has 0 heterocycles. The second-order valence-electron chi connectivity index (χ2n) is 2.50. The summed E-state index contributed by atoms with van der Waals surface area (Å²) in [7, 11) is 3.30. The maximum absolute atomic E-state index is 12.9.